The summed E-state index contributed by atoms with van der Waals surface area (Å²) < 4.78 is 6.25. The van der Waals surface area contributed by atoms with Crippen molar-refractivity contribution in [2.75, 3.05) is 0 Å². The quantitative estimate of drug-likeness (QED) is 0.333. The summed E-state index contributed by atoms with van der Waals surface area (Å²) in [6, 6.07) is 32.8. The van der Waals surface area contributed by atoms with Gasteiger partial charge in [-0.2, -0.15) is 0 Å². The Hall–Kier alpha value is -3.98. The van der Waals surface area contributed by atoms with E-state index in [0.29, 0.717) is 5.82 Å². The van der Waals surface area contributed by atoms with Crippen LogP contribution in [-0.2, 0) is 0 Å². The fourth-order valence-corrected chi connectivity index (χ4v) is 3.92. The Labute approximate surface area is 167 Å². The minimum atomic E-state index is 0.701. The third-order valence-electron chi connectivity index (χ3n) is 5.30. The summed E-state index contributed by atoms with van der Waals surface area (Å²) >= 11 is 0. The molecule has 0 saturated carbocycles. The van der Waals surface area contributed by atoms with Gasteiger partial charge in [0.25, 0.3) is 0 Å². The Morgan fingerprint density at radius 2 is 1.31 bits per heavy atom. The van der Waals surface area contributed by atoms with Crippen LogP contribution in [0.3, 0.4) is 0 Å². The number of para-hydroxylation sites is 1. The molecule has 136 valence electrons. The summed E-state index contributed by atoms with van der Waals surface area (Å²) in [5.41, 5.74) is 5.25. The summed E-state index contributed by atoms with van der Waals surface area (Å²) in [7, 11) is 0. The van der Waals surface area contributed by atoms with E-state index < -0.39 is 0 Å². The Kier molecular flexibility index (Phi) is 3.47. The van der Waals surface area contributed by atoms with Gasteiger partial charge in [0, 0.05) is 16.5 Å². The van der Waals surface area contributed by atoms with E-state index in [4.69, 9.17) is 14.4 Å². The first kappa shape index (κ1) is 16.0. The van der Waals surface area contributed by atoms with Crippen LogP contribution in [0, 0.1) is 0 Å². The first-order chi connectivity index (χ1) is 14.4. The second kappa shape index (κ2) is 6.28. The van der Waals surface area contributed by atoms with E-state index in [0.717, 1.165) is 44.3 Å². The van der Waals surface area contributed by atoms with E-state index >= 15 is 0 Å². The average Bonchev–Trinajstić information content (AvgIpc) is 3.17. The van der Waals surface area contributed by atoms with Crippen LogP contribution in [0.1, 0.15) is 0 Å². The topological polar surface area (TPSA) is 38.9 Å². The van der Waals surface area contributed by atoms with Crippen LogP contribution in [0.15, 0.2) is 101 Å². The average molecular weight is 372 g/mol. The van der Waals surface area contributed by atoms with Crippen LogP contribution >= 0.6 is 0 Å². The normalized spacial score (nSPS) is 11.4. The van der Waals surface area contributed by atoms with Crippen molar-refractivity contribution in [3.05, 3.63) is 97.1 Å². The SMILES string of the molecule is c1ccc(-c2nc(-c3cccc4ccccc34)c3oc4ccccc4c3n2)cc1. The van der Waals surface area contributed by atoms with Gasteiger partial charge in [0.05, 0.1) is 0 Å². The van der Waals surface area contributed by atoms with Crippen LogP contribution in [0.5, 0.6) is 0 Å². The number of benzene rings is 4. The van der Waals surface area contributed by atoms with Gasteiger partial charge in [-0.25, -0.2) is 9.97 Å². The third kappa shape index (κ3) is 2.52. The van der Waals surface area contributed by atoms with Gasteiger partial charge in [-0.15, -0.1) is 0 Å². The second-order valence-corrected chi connectivity index (χ2v) is 7.06. The van der Waals surface area contributed by atoms with Gasteiger partial charge in [-0.1, -0.05) is 84.9 Å². The van der Waals surface area contributed by atoms with Crippen molar-refractivity contribution < 1.29 is 4.42 Å². The van der Waals surface area contributed by atoms with E-state index in [1.165, 1.54) is 5.39 Å². The van der Waals surface area contributed by atoms with Crippen molar-refractivity contribution in [3.8, 4) is 22.6 Å². The van der Waals surface area contributed by atoms with Crippen molar-refractivity contribution in [1.29, 1.82) is 0 Å². The smallest absolute Gasteiger partial charge is 0.180 e. The molecule has 3 heteroatoms. The van der Waals surface area contributed by atoms with Gasteiger partial charge >= 0.3 is 0 Å². The van der Waals surface area contributed by atoms with Gasteiger partial charge in [-0.3, -0.25) is 0 Å². The molecule has 0 unspecified atom stereocenters. The van der Waals surface area contributed by atoms with Gasteiger partial charge in [0.15, 0.2) is 11.4 Å². The maximum absolute atomic E-state index is 6.25. The van der Waals surface area contributed by atoms with Crippen molar-refractivity contribution in [2.24, 2.45) is 0 Å². The van der Waals surface area contributed by atoms with E-state index in [-0.39, 0.29) is 0 Å². The van der Waals surface area contributed by atoms with E-state index in [2.05, 4.69) is 48.5 Å². The minimum Gasteiger partial charge on any atom is -0.452 e. The molecule has 2 aromatic heterocycles. The minimum absolute atomic E-state index is 0.701. The second-order valence-electron chi connectivity index (χ2n) is 7.06. The fraction of sp³-hybridized carbons (Fsp3) is 0. The molecular weight excluding hydrogens is 356 g/mol. The third-order valence-corrected chi connectivity index (χ3v) is 5.30. The van der Waals surface area contributed by atoms with Crippen molar-refractivity contribution in [3.63, 3.8) is 0 Å². The van der Waals surface area contributed by atoms with Gasteiger partial charge in [0.1, 0.15) is 16.8 Å². The summed E-state index contributed by atoms with van der Waals surface area (Å²) in [6.45, 7) is 0. The first-order valence-electron chi connectivity index (χ1n) is 9.61. The predicted molar refractivity (Wildman–Crippen MR) is 118 cm³/mol. The van der Waals surface area contributed by atoms with Crippen molar-refractivity contribution >= 4 is 32.8 Å². The molecule has 4 aromatic carbocycles. The zero-order valence-electron chi connectivity index (χ0n) is 15.5. The molecule has 0 radical (unpaired) electrons. The predicted octanol–water partition coefficient (Wildman–Crippen LogP) is 6.86. The largest absolute Gasteiger partial charge is 0.452 e. The van der Waals surface area contributed by atoms with E-state index in [1.54, 1.807) is 0 Å². The number of rotatable bonds is 2. The summed E-state index contributed by atoms with van der Waals surface area (Å²) in [5.74, 6) is 0.701. The zero-order valence-corrected chi connectivity index (χ0v) is 15.5. The number of hydrogen-bond donors (Lipinski definition) is 0. The Morgan fingerprint density at radius 1 is 0.586 bits per heavy atom. The highest BCUT2D eigenvalue weighted by Crippen LogP contribution is 2.37. The standard InChI is InChI=1S/C26H16N2O/c1-2-10-18(11-3-1)26-27-23(20-15-8-12-17-9-4-5-13-19(17)20)25-24(28-26)21-14-6-7-16-22(21)29-25/h1-16H. The highest BCUT2D eigenvalue weighted by Gasteiger charge is 2.19. The van der Waals surface area contributed by atoms with E-state index in [1.807, 2.05) is 48.5 Å². The zero-order chi connectivity index (χ0) is 19.2. The lowest BCUT2D eigenvalue weighted by molar-refractivity contribution is 0.667. The monoisotopic (exact) mass is 372 g/mol. The number of aromatic nitrogens is 2. The number of nitrogens with zero attached hydrogens (tertiary/aromatic N) is 2. The maximum atomic E-state index is 6.25. The molecule has 0 atom stereocenters. The molecule has 0 spiro atoms. The maximum Gasteiger partial charge on any atom is 0.180 e. The number of fused-ring (bicyclic) bond motifs is 4. The van der Waals surface area contributed by atoms with Crippen molar-refractivity contribution in [1.82, 2.24) is 9.97 Å². The summed E-state index contributed by atoms with van der Waals surface area (Å²) in [4.78, 5) is 9.88. The molecule has 29 heavy (non-hydrogen) atoms. The Bertz CT molecular complexity index is 1490. The molecule has 0 aliphatic rings. The molecular formula is C26H16N2O. The highest BCUT2D eigenvalue weighted by atomic mass is 16.3. The molecule has 0 bridgehead atoms. The van der Waals surface area contributed by atoms with Gasteiger partial charge in [-0.05, 0) is 22.9 Å². The summed E-state index contributed by atoms with van der Waals surface area (Å²) in [5, 5.41) is 3.33. The number of hydrogen-bond acceptors (Lipinski definition) is 3. The molecule has 0 fully saturated rings. The van der Waals surface area contributed by atoms with Crippen LogP contribution in [0.25, 0.3) is 55.5 Å². The van der Waals surface area contributed by atoms with Gasteiger partial charge < -0.3 is 4.42 Å². The fourth-order valence-electron chi connectivity index (χ4n) is 3.92. The Morgan fingerprint density at radius 3 is 2.21 bits per heavy atom. The molecule has 0 saturated heterocycles. The molecule has 6 rings (SSSR count). The van der Waals surface area contributed by atoms with E-state index in [9.17, 15) is 0 Å². The lowest BCUT2D eigenvalue weighted by Crippen LogP contribution is -1.94. The first-order valence-corrected chi connectivity index (χ1v) is 9.61. The van der Waals surface area contributed by atoms with Crippen LogP contribution in [0.2, 0.25) is 0 Å². The lowest BCUT2D eigenvalue weighted by atomic mass is 10.0. The number of furan rings is 1. The molecule has 6 aromatic rings. The Balaban J connectivity index is 1.77. The molecule has 0 N–H and O–H groups in total. The molecule has 0 aliphatic carbocycles. The van der Waals surface area contributed by atoms with Gasteiger partial charge in [0.2, 0.25) is 0 Å². The molecule has 0 aliphatic heterocycles. The molecule has 0 amide bonds. The van der Waals surface area contributed by atoms with Crippen LogP contribution < -0.4 is 0 Å². The summed E-state index contributed by atoms with van der Waals surface area (Å²) in [6.07, 6.45) is 0. The lowest BCUT2D eigenvalue weighted by Gasteiger charge is -2.09. The van der Waals surface area contributed by atoms with Crippen molar-refractivity contribution in [2.45, 2.75) is 0 Å². The molecule has 2 heterocycles. The van der Waals surface area contributed by atoms with Crippen LogP contribution in [-0.4, -0.2) is 9.97 Å². The van der Waals surface area contributed by atoms with Crippen LogP contribution in [0.4, 0.5) is 0 Å². The highest BCUT2D eigenvalue weighted by molar-refractivity contribution is 6.09. The molecule has 3 nitrogen and oxygen atoms in total.